The molecule has 0 saturated carbocycles. The van der Waals surface area contributed by atoms with Gasteiger partial charge in [0.25, 0.3) is 5.91 Å². The highest BCUT2D eigenvalue weighted by Crippen LogP contribution is 2.33. The zero-order chi connectivity index (χ0) is 26.8. The molecule has 0 spiro atoms. The number of carbonyl (C=O) groups is 1. The minimum Gasteiger partial charge on any atom is -0.482 e. The van der Waals surface area contributed by atoms with Crippen molar-refractivity contribution in [1.82, 2.24) is 4.68 Å². The van der Waals surface area contributed by atoms with Crippen LogP contribution in [0.4, 0.5) is 17.1 Å². The van der Waals surface area contributed by atoms with E-state index in [1.807, 2.05) is 34.5 Å². The van der Waals surface area contributed by atoms with Crippen LogP contribution < -0.4 is 19.8 Å². The number of anilines is 2. The van der Waals surface area contributed by atoms with Crippen LogP contribution in [0.3, 0.4) is 0 Å². The van der Waals surface area contributed by atoms with Crippen molar-refractivity contribution < 1.29 is 14.3 Å². The molecule has 1 saturated heterocycles. The van der Waals surface area contributed by atoms with Gasteiger partial charge in [-0.1, -0.05) is 24.3 Å². The Balaban J connectivity index is 1.39. The van der Waals surface area contributed by atoms with Gasteiger partial charge in [0, 0.05) is 29.7 Å². The van der Waals surface area contributed by atoms with E-state index in [9.17, 15) is 4.79 Å². The zero-order valence-electron chi connectivity index (χ0n) is 21.9. The van der Waals surface area contributed by atoms with Crippen LogP contribution in [0.15, 0.2) is 76.1 Å². The highest BCUT2D eigenvalue weighted by atomic mass is 32.1. The number of hydrogen-bond acceptors (Lipinski definition) is 7. The Hall–Kier alpha value is -4.21. The van der Waals surface area contributed by atoms with E-state index in [0.29, 0.717) is 11.4 Å². The van der Waals surface area contributed by atoms with Crippen molar-refractivity contribution in [3.63, 3.8) is 0 Å². The predicted octanol–water partition coefficient (Wildman–Crippen LogP) is 5.12. The van der Waals surface area contributed by atoms with Gasteiger partial charge >= 0.3 is 0 Å². The number of nitrogens with one attached hydrogen (secondary N) is 1. The van der Waals surface area contributed by atoms with Crippen LogP contribution in [0.2, 0.25) is 0 Å². The summed E-state index contributed by atoms with van der Waals surface area (Å²) in [5.74, 6) is 0.492. The van der Waals surface area contributed by atoms with Gasteiger partial charge in [-0.25, -0.2) is 9.67 Å². The standard InChI is InChI=1S/C30H29N5O3S/c1-20-3-4-21(2)25(15-20)33-30-35(31-17-22-5-8-24(9-6-22)34-11-13-37-14-12-34)27(19-39-30)23-7-10-28-26(16-23)32-29(36)18-38-28/h3-10,15-17,19H,11-14,18H2,1-2H3,(H,32,36). The van der Waals surface area contributed by atoms with Gasteiger partial charge < -0.3 is 19.7 Å². The number of amides is 1. The van der Waals surface area contributed by atoms with E-state index in [2.05, 4.69) is 66.5 Å². The molecule has 9 heteroatoms. The van der Waals surface area contributed by atoms with Crippen LogP contribution in [0.25, 0.3) is 11.3 Å². The summed E-state index contributed by atoms with van der Waals surface area (Å²) in [7, 11) is 0. The molecule has 1 aromatic heterocycles. The molecule has 2 aliphatic rings. The minimum atomic E-state index is -0.165. The van der Waals surface area contributed by atoms with E-state index >= 15 is 0 Å². The van der Waals surface area contributed by atoms with Gasteiger partial charge in [-0.3, -0.25) is 4.79 Å². The summed E-state index contributed by atoms with van der Waals surface area (Å²) < 4.78 is 12.9. The molecule has 0 bridgehead atoms. The Kier molecular flexibility index (Phi) is 7.00. The average molecular weight is 540 g/mol. The van der Waals surface area contributed by atoms with Crippen LogP contribution in [-0.2, 0) is 9.53 Å². The van der Waals surface area contributed by atoms with Gasteiger partial charge in [0.15, 0.2) is 6.61 Å². The van der Waals surface area contributed by atoms with Crippen LogP contribution in [0, 0.1) is 13.8 Å². The van der Waals surface area contributed by atoms with Gasteiger partial charge in [-0.05, 0) is 66.9 Å². The van der Waals surface area contributed by atoms with Crippen LogP contribution >= 0.6 is 11.3 Å². The van der Waals surface area contributed by atoms with E-state index < -0.39 is 0 Å². The number of ether oxygens (including phenoxy) is 2. The number of aryl methyl sites for hydroxylation is 2. The number of aromatic nitrogens is 1. The number of benzene rings is 3. The lowest BCUT2D eigenvalue weighted by Gasteiger charge is -2.28. The maximum Gasteiger partial charge on any atom is 0.262 e. The Morgan fingerprint density at radius 3 is 2.64 bits per heavy atom. The Morgan fingerprint density at radius 2 is 1.82 bits per heavy atom. The third-order valence-electron chi connectivity index (χ3n) is 6.77. The van der Waals surface area contributed by atoms with Crippen molar-refractivity contribution in [1.29, 1.82) is 0 Å². The Bertz CT molecular complexity index is 1610. The number of morpholine rings is 1. The highest BCUT2D eigenvalue weighted by Gasteiger charge is 2.18. The monoisotopic (exact) mass is 539 g/mol. The first-order valence-corrected chi connectivity index (χ1v) is 13.8. The molecule has 0 aliphatic carbocycles. The molecular weight excluding hydrogens is 510 g/mol. The van der Waals surface area contributed by atoms with Crippen LogP contribution in [0.5, 0.6) is 5.75 Å². The van der Waals surface area contributed by atoms with Crippen molar-refractivity contribution in [2.45, 2.75) is 13.8 Å². The summed E-state index contributed by atoms with van der Waals surface area (Å²) in [5, 5.41) is 9.82. The molecule has 0 unspecified atom stereocenters. The van der Waals surface area contributed by atoms with Gasteiger partial charge in [-0.15, -0.1) is 11.3 Å². The molecule has 3 heterocycles. The lowest BCUT2D eigenvalue weighted by atomic mass is 10.1. The summed E-state index contributed by atoms with van der Waals surface area (Å²) in [6, 6.07) is 20.4. The molecule has 39 heavy (non-hydrogen) atoms. The number of carbonyl (C=O) groups excluding carboxylic acids is 1. The molecule has 1 N–H and O–H groups in total. The normalized spacial score (nSPS) is 15.8. The first kappa shape index (κ1) is 25.1. The first-order chi connectivity index (χ1) is 19.0. The number of rotatable bonds is 5. The molecule has 2 aliphatic heterocycles. The average Bonchev–Trinajstić information content (AvgIpc) is 3.36. The zero-order valence-corrected chi connectivity index (χ0v) is 22.7. The van der Waals surface area contributed by atoms with Crippen molar-refractivity contribution in [2.75, 3.05) is 43.1 Å². The Labute approximate surface area is 230 Å². The molecule has 1 amide bonds. The lowest BCUT2D eigenvalue weighted by molar-refractivity contribution is -0.118. The third kappa shape index (κ3) is 5.50. The molecule has 3 aromatic carbocycles. The molecular formula is C30H29N5O3S. The fourth-order valence-electron chi connectivity index (χ4n) is 4.59. The molecule has 4 aromatic rings. The second-order valence-corrected chi connectivity index (χ2v) is 10.4. The second-order valence-electron chi connectivity index (χ2n) is 9.60. The smallest absolute Gasteiger partial charge is 0.262 e. The molecule has 1 fully saturated rings. The summed E-state index contributed by atoms with van der Waals surface area (Å²) in [4.78, 5) is 20.0. The molecule has 0 radical (unpaired) electrons. The third-order valence-corrected chi connectivity index (χ3v) is 7.58. The molecule has 198 valence electrons. The van der Waals surface area contributed by atoms with E-state index in [1.165, 1.54) is 17.0 Å². The Morgan fingerprint density at radius 1 is 1.00 bits per heavy atom. The van der Waals surface area contributed by atoms with Crippen molar-refractivity contribution in [3.8, 4) is 17.0 Å². The van der Waals surface area contributed by atoms with Crippen LogP contribution in [0.1, 0.15) is 16.7 Å². The number of hydrogen-bond donors (Lipinski definition) is 1. The highest BCUT2D eigenvalue weighted by molar-refractivity contribution is 7.07. The van der Waals surface area contributed by atoms with Gasteiger partial charge in [0.1, 0.15) is 5.75 Å². The molecule has 0 atom stereocenters. The fourth-order valence-corrected chi connectivity index (χ4v) is 5.44. The van der Waals surface area contributed by atoms with E-state index in [4.69, 9.17) is 19.6 Å². The summed E-state index contributed by atoms with van der Waals surface area (Å²) in [6.45, 7) is 7.46. The first-order valence-electron chi connectivity index (χ1n) is 12.9. The molecule has 6 rings (SSSR count). The predicted molar refractivity (Wildman–Crippen MR) is 155 cm³/mol. The number of fused-ring (bicyclic) bond motifs is 1. The maximum absolute atomic E-state index is 11.9. The topological polar surface area (TPSA) is 80.4 Å². The fraction of sp³-hybridized carbons (Fsp3) is 0.233. The largest absolute Gasteiger partial charge is 0.482 e. The summed E-state index contributed by atoms with van der Waals surface area (Å²) in [5.41, 5.74) is 7.75. The second kappa shape index (κ2) is 10.9. The van der Waals surface area contributed by atoms with E-state index in [1.54, 1.807) is 0 Å². The van der Waals surface area contributed by atoms with Gasteiger partial charge in [-0.2, -0.15) is 5.10 Å². The van der Waals surface area contributed by atoms with Crippen molar-refractivity contribution in [2.24, 2.45) is 10.1 Å². The van der Waals surface area contributed by atoms with E-state index in [-0.39, 0.29) is 12.5 Å². The minimum absolute atomic E-state index is 0.0261. The van der Waals surface area contributed by atoms with Crippen molar-refractivity contribution in [3.05, 3.63) is 87.5 Å². The quantitative estimate of drug-likeness (QED) is 0.357. The van der Waals surface area contributed by atoms with Crippen LogP contribution in [-0.4, -0.2) is 49.7 Å². The van der Waals surface area contributed by atoms with Gasteiger partial charge in [0.2, 0.25) is 4.80 Å². The van der Waals surface area contributed by atoms with Crippen molar-refractivity contribution >= 4 is 40.5 Å². The maximum atomic E-state index is 11.9. The van der Waals surface area contributed by atoms with Gasteiger partial charge in [0.05, 0.1) is 36.5 Å². The summed E-state index contributed by atoms with van der Waals surface area (Å²) >= 11 is 1.52. The summed E-state index contributed by atoms with van der Waals surface area (Å²) in [6.07, 6.45) is 1.85. The lowest BCUT2D eigenvalue weighted by Crippen LogP contribution is -2.36. The SMILES string of the molecule is Cc1ccc(C)c(N=c2scc(-c3ccc4c(c3)NC(=O)CO4)n2N=Cc2ccc(N3CCOCC3)cc2)c1. The number of thiazole rings is 1. The molecule has 8 nitrogen and oxygen atoms in total. The van der Waals surface area contributed by atoms with E-state index in [0.717, 1.165) is 64.7 Å². The number of nitrogens with zero attached hydrogens (tertiary/aromatic N) is 4.